The molecule has 0 amide bonds. The topological polar surface area (TPSA) is 64.2 Å². The number of nitrogens with one attached hydrogen (secondary N) is 1. The molecular weight excluding hydrogens is 256 g/mol. The summed E-state index contributed by atoms with van der Waals surface area (Å²) in [6, 6.07) is 3.80. The predicted molar refractivity (Wildman–Crippen MR) is 76.5 cm³/mol. The smallest absolute Gasteiger partial charge is 0.153 e. The Morgan fingerprint density at radius 3 is 2.55 bits per heavy atom. The molecule has 0 unspecified atom stereocenters. The van der Waals surface area contributed by atoms with E-state index >= 15 is 0 Å². The number of benzene rings is 1. The van der Waals surface area contributed by atoms with Crippen molar-refractivity contribution < 1.29 is 14.3 Å². The van der Waals surface area contributed by atoms with E-state index in [1.54, 1.807) is 0 Å². The maximum atomic E-state index is 11.1. The van der Waals surface area contributed by atoms with Crippen molar-refractivity contribution >= 4 is 6.29 Å². The van der Waals surface area contributed by atoms with Crippen molar-refractivity contribution in [1.82, 2.24) is 10.2 Å². The summed E-state index contributed by atoms with van der Waals surface area (Å²) in [7, 11) is 0. The average molecular weight is 274 g/mol. The standard InChI is InChI=1S/C15H18N2O3/c1-4-19-13-7-12(14(20-5-2)6-10(13)3)15-11(9-18)8-16-17-15/h6-9H,4-5H2,1-3H3,(H,16,17). The molecule has 1 N–H and O–H groups in total. The zero-order chi connectivity index (χ0) is 14.5. The molecule has 106 valence electrons. The lowest BCUT2D eigenvalue weighted by molar-refractivity contribution is 0.112. The number of H-pyrrole nitrogens is 1. The van der Waals surface area contributed by atoms with Gasteiger partial charge in [-0.1, -0.05) is 0 Å². The maximum Gasteiger partial charge on any atom is 0.153 e. The number of aldehydes is 1. The van der Waals surface area contributed by atoms with Crippen molar-refractivity contribution in [3.63, 3.8) is 0 Å². The minimum atomic E-state index is 0.497. The highest BCUT2D eigenvalue weighted by Crippen LogP contribution is 2.36. The third kappa shape index (κ3) is 2.66. The van der Waals surface area contributed by atoms with Gasteiger partial charge in [-0.25, -0.2) is 0 Å². The first-order valence-electron chi connectivity index (χ1n) is 6.60. The summed E-state index contributed by atoms with van der Waals surface area (Å²) >= 11 is 0. The monoisotopic (exact) mass is 274 g/mol. The Bertz CT molecular complexity index is 605. The molecule has 20 heavy (non-hydrogen) atoms. The third-order valence-electron chi connectivity index (χ3n) is 2.94. The number of ether oxygens (including phenoxy) is 2. The number of aromatic nitrogens is 2. The van der Waals surface area contributed by atoms with Gasteiger partial charge < -0.3 is 9.47 Å². The van der Waals surface area contributed by atoms with Crippen LogP contribution in [0.25, 0.3) is 11.3 Å². The number of hydrogen-bond acceptors (Lipinski definition) is 4. The van der Waals surface area contributed by atoms with E-state index in [-0.39, 0.29) is 0 Å². The molecule has 0 fully saturated rings. The lowest BCUT2D eigenvalue weighted by Crippen LogP contribution is -2.00. The van der Waals surface area contributed by atoms with Crippen molar-refractivity contribution in [3.8, 4) is 22.8 Å². The molecule has 1 aromatic carbocycles. The second-order valence-electron chi connectivity index (χ2n) is 4.30. The molecule has 0 atom stereocenters. The fourth-order valence-corrected chi connectivity index (χ4v) is 2.04. The van der Waals surface area contributed by atoms with Crippen LogP contribution in [-0.4, -0.2) is 29.7 Å². The van der Waals surface area contributed by atoms with E-state index in [1.807, 2.05) is 32.9 Å². The normalized spacial score (nSPS) is 10.3. The lowest BCUT2D eigenvalue weighted by atomic mass is 10.0. The Labute approximate surface area is 117 Å². The highest BCUT2D eigenvalue weighted by atomic mass is 16.5. The first-order chi connectivity index (χ1) is 9.71. The average Bonchev–Trinajstić information content (AvgIpc) is 2.90. The van der Waals surface area contributed by atoms with Crippen molar-refractivity contribution in [2.45, 2.75) is 20.8 Å². The summed E-state index contributed by atoms with van der Waals surface area (Å²) in [5.74, 6) is 1.48. The number of rotatable bonds is 6. The minimum absolute atomic E-state index is 0.497. The molecule has 0 spiro atoms. The van der Waals surface area contributed by atoms with E-state index in [2.05, 4.69) is 10.2 Å². The van der Waals surface area contributed by atoms with Crippen LogP contribution in [0.2, 0.25) is 0 Å². The molecule has 1 aromatic heterocycles. The van der Waals surface area contributed by atoms with Gasteiger partial charge in [-0.15, -0.1) is 0 Å². The molecule has 1 heterocycles. The summed E-state index contributed by atoms with van der Waals surface area (Å²) in [4.78, 5) is 11.1. The first-order valence-corrected chi connectivity index (χ1v) is 6.60. The highest BCUT2D eigenvalue weighted by Gasteiger charge is 2.15. The zero-order valence-electron chi connectivity index (χ0n) is 11.9. The summed E-state index contributed by atoms with van der Waals surface area (Å²) in [6.45, 7) is 6.94. The highest BCUT2D eigenvalue weighted by molar-refractivity contribution is 5.87. The molecule has 0 radical (unpaired) electrons. The molecule has 0 aliphatic carbocycles. The van der Waals surface area contributed by atoms with E-state index in [4.69, 9.17) is 9.47 Å². The van der Waals surface area contributed by atoms with Crippen LogP contribution in [0.3, 0.4) is 0 Å². The minimum Gasteiger partial charge on any atom is -0.494 e. The fourth-order valence-electron chi connectivity index (χ4n) is 2.04. The number of aryl methyl sites for hydroxylation is 1. The van der Waals surface area contributed by atoms with E-state index in [1.165, 1.54) is 6.20 Å². The van der Waals surface area contributed by atoms with E-state index in [9.17, 15) is 4.79 Å². The molecule has 0 bridgehead atoms. The second kappa shape index (κ2) is 6.23. The molecule has 5 nitrogen and oxygen atoms in total. The van der Waals surface area contributed by atoms with Crippen LogP contribution < -0.4 is 9.47 Å². The van der Waals surface area contributed by atoms with Gasteiger partial charge in [-0.05, 0) is 38.5 Å². The Morgan fingerprint density at radius 1 is 1.20 bits per heavy atom. The largest absolute Gasteiger partial charge is 0.494 e. The number of carbonyl (C=O) groups excluding carboxylic acids is 1. The van der Waals surface area contributed by atoms with Gasteiger partial charge in [-0.3, -0.25) is 9.89 Å². The van der Waals surface area contributed by atoms with Gasteiger partial charge in [-0.2, -0.15) is 5.10 Å². The Hall–Kier alpha value is -2.30. The summed E-state index contributed by atoms with van der Waals surface area (Å²) in [5.41, 5.74) is 2.91. The quantitative estimate of drug-likeness (QED) is 0.822. The van der Waals surface area contributed by atoms with Crippen LogP contribution >= 0.6 is 0 Å². The Kier molecular flexibility index (Phi) is 4.40. The van der Waals surface area contributed by atoms with Gasteiger partial charge >= 0.3 is 0 Å². The SMILES string of the molecule is CCOc1cc(-c2[nH]ncc2C=O)c(OCC)cc1C. The van der Waals surface area contributed by atoms with Gasteiger partial charge in [0, 0.05) is 5.56 Å². The van der Waals surface area contributed by atoms with Crippen molar-refractivity contribution in [3.05, 3.63) is 29.5 Å². The molecule has 0 aliphatic rings. The number of carbonyl (C=O) groups is 1. The van der Waals surface area contributed by atoms with Crippen LogP contribution in [0, 0.1) is 6.92 Å². The Morgan fingerprint density at radius 2 is 1.90 bits per heavy atom. The summed E-state index contributed by atoms with van der Waals surface area (Å²) in [5, 5.41) is 6.76. The van der Waals surface area contributed by atoms with Crippen molar-refractivity contribution in [1.29, 1.82) is 0 Å². The lowest BCUT2D eigenvalue weighted by Gasteiger charge is -2.14. The van der Waals surface area contributed by atoms with E-state index in [0.717, 1.165) is 23.2 Å². The van der Waals surface area contributed by atoms with Gasteiger partial charge in [0.15, 0.2) is 6.29 Å². The van der Waals surface area contributed by atoms with Crippen LogP contribution in [0.4, 0.5) is 0 Å². The molecule has 2 rings (SSSR count). The molecular formula is C15H18N2O3. The second-order valence-corrected chi connectivity index (χ2v) is 4.30. The molecule has 5 heteroatoms. The van der Waals surface area contributed by atoms with E-state index < -0.39 is 0 Å². The molecule has 0 saturated heterocycles. The third-order valence-corrected chi connectivity index (χ3v) is 2.94. The van der Waals surface area contributed by atoms with Crippen LogP contribution in [0.5, 0.6) is 11.5 Å². The van der Waals surface area contributed by atoms with Crippen LogP contribution in [0.1, 0.15) is 29.8 Å². The maximum absolute atomic E-state index is 11.1. The zero-order valence-corrected chi connectivity index (χ0v) is 11.9. The first kappa shape index (κ1) is 14.1. The number of nitrogens with zero attached hydrogens (tertiary/aromatic N) is 1. The molecule has 0 saturated carbocycles. The fraction of sp³-hybridized carbons (Fsp3) is 0.333. The summed E-state index contributed by atoms with van der Waals surface area (Å²) < 4.78 is 11.3. The van der Waals surface area contributed by atoms with E-state index in [0.29, 0.717) is 30.2 Å². The van der Waals surface area contributed by atoms with Crippen LogP contribution in [0.15, 0.2) is 18.3 Å². The number of hydrogen-bond donors (Lipinski definition) is 1. The predicted octanol–water partition coefficient (Wildman–Crippen LogP) is 3.00. The van der Waals surface area contributed by atoms with Gasteiger partial charge in [0.05, 0.1) is 30.7 Å². The van der Waals surface area contributed by atoms with Gasteiger partial charge in [0.25, 0.3) is 0 Å². The van der Waals surface area contributed by atoms with Crippen molar-refractivity contribution in [2.75, 3.05) is 13.2 Å². The van der Waals surface area contributed by atoms with Gasteiger partial charge in [0.2, 0.25) is 0 Å². The summed E-state index contributed by atoms with van der Waals surface area (Å²) in [6.07, 6.45) is 2.27. The molecule has 2 aromatic rings. The number of aromatic amines is 1. The van der Waals surface area contributed by atoms with Gasteiger partial charge in [0.1, 0.15) is 11.5 Å². The molecule has 0 aliphatic heterocycles. The van der Waals surface area contributed by atoms with Crippen molar-refractivity contribution in [2.24, 2.45) is 0 Å². The van der Waals surface area contributed by atoms with Crippen LogP contribution in [-0.2, 0) is 0 Å². The Balaban J connectivity index is 2.58.